The summed E-state index contributed by atoms with van der Waals surface area (Å²) in [6.45, 7) is 9.68. The van der Waals surface area contributed by atoms with Crippen LogP contribution in [0.1, 0.15) is 47.0 Å². The zero-order valence-electron chi connectivity index (χ0n) is 12.1. The van der Waals surface area contributed by atoms with Crippen molar-refractivity contribution in [1.29, 1.82) is 0 Å². The number of nitrogens with one attached hydrogen (secondary N) is 1. The predicted octanol–water partition coefficient (Wildman–Crippen LogP) is 1.38. The molecule has 0 radical (unpaired) electrons. The Morgan fingerprint density at radius 2 is 2.06 bits per heavy atom. The number of carbonyl (C=O) groups excluding carboxylic acids is 1. The zero-order chi connectivity index (χ0) is 13.7. The lowest BCUT2D eigenvalue weighted by molar-refractivity contribution is -0.126. The van der Waals surface area contributed by atoms with E-state index in [2.05, 4.69) is 24.1 Å². The van der Waals surface area contributed by atoms with Gasteiger partial charge in [0.25, 0.3) is 0 Å². The van der Waals surface area contributed by atoms with Gasteiger partial charge in [-0.15, -0.1) is 0 Å². The average Bonchev–Trinajstić information content (AvgIpc) is 2.71. The van der Waals surface area contributed by atoms with Crippen molar-refractivity contribution in [3.05, 3.63) is 0 Å². The van der Waals surface area contributed by atoms with Crippen LogP contribution >= 0.6 is 0 Å². The summed E-state index contributed by atoms with van der Waals surface area (Å²) in [5.74, 6) is 0.592. The first-order valence-corrected chi connectivity index (χ1v) is 7.13. The van der Waals surface area contributed by atoms with Crippen LogP contribution in [0.3, 0.4) is 0 Å². The molecule has 1 rings (SSSR count). The van der Waals surface area contributed by atoms with Crippen LogP contribution < -0.4 is 5.32 Å². The Bertz CT molecular complexity index is 267. The smallest absolute Gasteiger partial charge is 0.237 e. The highest BCUT2D eigenvalue weighted by Crippen LogP contribution is 2.23. The summed E-state index contributed by atoms with van der Waals surface area (Å²) in [5.41, 5.74) is 0. The molecule has 0 aliphatic carbocycles. The molecule has 1 fully saturated rings. The van der Waals surface area contributed by atoms with Crippen molar-refractivity contribution >= 4 is 5.91 Å². The van der Waals surface area contributed by atoms with Gasteiger partial charge in [0.15, 0.2) is 0 Å². The first-order valence-electron chi connectivity index (χ1n) is 7.13. The minimum absolute atomic E-state index is 0.0880. The quantitative estimate of drug-likeness (QED) is 0.755. The van der Waals surface area contributed by atoms with Crippen molar-refractivity contribution < 1.29 is 9.90 Å². The molecular weight excluding hydrogens is 228 g/mol. The topological polar surface area (TPSA) is 52.6 Å². The van der Waals surface area contributed by atoms with Crippen molar-refractivity contribution in [3.63, 3.8) is 0 Å². The van der Waals surface area contributed by atoms with Crippen LogP contribution in [0.2, 0.25) is 0 Å². The monoisotopic (exact) mass is 256 g/mol. The first kappa shape index (κ1) is 15.4. The van der Waals surface area contributed by atoms with E-state index in [1.807, 2.05) is 13.8 Å². The van der Waals surface area contributed by atoms with Gasteiger partial charge in [-0.05, 0) is 45.6 Å². The van der Waals surface area contributed by atoms with Crippen LogP contribution in [-0.2, 0) is 4.79 Å². The fraction of sp³-hybridized carbons (Fsp3) is 0.929. The van der Waals surface area contributed by atoms with Crippen molar-refractivity contribution in [1.82, 2.24) is 10.2 Å². The van der Waals surface area contributed by atoms with Crippen LogP contribution in [-0.4, -0.2) is 47.2 Å². The van der Waals surface area contributed by atoms with Crippen molar-refractivity contribution in [2.24, 2.45) is 5.92 Å². The van der Waals surface area contributed by atoms with Crippen molar-refractivity contribution in [2.45, 2.75) is 65.1 Å². The Morgan fingerprint density at radius 1 is 1.39 bits per heavy atom. The van der Waals surface area contributed by atoms with E-state index in [-0.39, 0.29) is 18.1 Å². The van der Waals surface area contributed by atoms with Crippen LogP contribution in [0.15, 0.2) is 0 Å². The maximum atomic E-state index is 12.1. The highest BCUT2D eigenvalue weighted by atomic mass is 16.3. The summed E-state index contributed by atoms with van der Waals surface area (Å²) in [4.78, 5) is 14.3. The Hall–Kier alpha value is -0.610. The van der Waals surface area contributed by atoms with E-state index in [0.717, 1.165) is 32.4 Å². The Labute approximate surface area is 111 Å². The lowest BCUT2D eigenvalue weighted by Crippen LogP contribution is -2.48. The molecule has 0 aromatic heterocycles. The summed E-state index contributed by atoms with van der Waals surface area (Å²) in [6, 6.07) is 0.264. The van der Waals surface area contributed by atoms with Crippen LogP contribution in [0, 0.1) is 5.92 Å². The number of amides is 1. The summed E-state index contributed by atoms with van der Waals surface area (Å²) < 4.78 is 0. The molecule has 1 aliphatic rings. The fourth-order valence-corrected chi connectivity index (χ4v) is 2.62. The van der Waals surface area contributed by atoms with Gasteiger partial charge in [0.1, 0.15) is 0 Å². The molecule has 1 saturated heterocycles. The molecule has 0 spiro atoms. The van der Waals surface area contributed by atoms with Gasteiger partial charge in [0.05, 0.1) is 12.1 Å². The number of carbonyl (C=O) groups is 1. The van der Waals surface area contributed by atoms with Crippen LogP contribution in [0.4, 0.5) is 0 Å². The molecule has 18 heavy (non-hydrogen) atoms. The summed E-state index contributed by atoms with van der Waals surface area (Å²) in [7, 11) is 0. The standard InChI is InChI=1S/C14H28N2O2/c1-10(2)9-15-14(18)12(4)16-7-5-6-13(16)8-11(3)17/h10-13,17H,5-9H2,1-4H3,(H,15,18). The average molecular weight is 256 g/mol. The van der Waals surface area contributed by atoms with Crippen molar-refractivity contribution in [2.75, 3.05) is 13.1 Å². The molecule has 2 N–H and O–H groups in total. The van der Waals surface area contributed by atoms with Crippen LogP contribution in [0.25, 0.3) is 0 Å². The van der Waals surface area contributed by atoms with Gasteiger partial charge >= 0.3 is 0 Å². The summed E-state index contributed by atoms with van der Waals surface area (Å²) >= 11 is 0. The van der Waals surface area contributed by atoms with Crippen molar-refractivity contribution in [3.8, 4) is 0 Å². The number of hydrogen-bond donors (Lipinski definition) is 2. The zero-order valence-corrected chi connectivity index (χ0v) is 12.1. The van der Waals surface area contributed by atoms with Gasteiger partial charge in [0, 0.05) is 12.6 Å². The molecule has 0 aromatic carbocycles. The fourth-order valence-electron chi connectivity index (χ4n) is 2.62. The summed E-state index contributed by atoms with van der Waals surface area (Å²) in [5, 5.41) is 12.5. The van der Waals surface area contributed by atoms with Gasteiger partial charge in [-0.1, -0.05) is 13.8 Å². The minimum Gasteiger partial charge on any atom is -0.393 e. The van der Waals surface area contributed by atoms with E-state index in [1.54, 1.807) is 0 Å². The van der Waals surface area contributed by atoms with Gasteiger partial charge < -0.3 is 10.4 Å². The Kier molecular flexibility index (Phi) is 6.09. The SMILES string of the molecule is CC(C)CNC(=O)C(C)N1CCCC1CC(C)O. The minimum atomic E-state index is -0.290. The van der Waals surface area contributed by atoms with Gasteiger partial charge in [0.2, 0.25) is 5.91 Å². The maximum Gasteiger partial charge on any atom is 0.237 e. The molecule has 1 amide bonds. The number of aliphatic hydroxyl groups excluding tert-OH is 1. The third kappa shape index (κ3) is 4.58. The second-order valence-electron chi connectivity index (χ2n) is 5.93. The lowest BCUT2D eigenvalue weighted by Gasteiger charge is -2.30. The normalized spacial score (nSPS) is 24.2. The number of aliphatic hydroxyl groups is 1. The highest BCUT2D eigenvalue weighted by molar-refractivity contribution is 5.81. The van der Waals surface area contributed by atoms with E-state index in [1.165, 1.54) is 0 Å². The van der Waals surface area contributed by atoms with E-state index in [9.17, 15) is 9.90 Å². The molecule has 4 heteroatoms. The van der Waals surface area contributed by atoms with Gasteiger partial charge in [-0.2, -0.15) is 0 Å². The van der Waals surface area contributed by atoms with Gasteiger partial charge in [-0.3, -0.25) is 9.69 Å². The molecule has 0 aromatic rings. The number of nitrogens with zero attached hydrogens (tertiary/aromatic N) is 1. The summed E-state index contributed by atoms with van der Waals surface area (Å²) in [6.07, 6.45) is 2.69. The molecule has 3 unspecified atom stereocenters. The van der Waals surface area contributed by atoms with Gasteiger partial charge in [-0.25, -0.2) is 0 Å². The molecule has 0 saturated carbocycles. The largest absolute Gasteiger partial charge is 0.393 e. The molecular formula is C14H28N2O2. The maximum absolute atomic E-state index is 12.1. The Morgan fingerprint density at radius 3 is 2.61 bits per heavy atom. The number of hydrogen-bond acceptors (Lipinski definition) is 3. The highest BCUT2D eigenvalue weighted by Gasteiger charge is 2.32. The molecule has 0 bridgehead atoms. The number of rotatable bonds is 6. The van der Waals surface area contributed by atoms with E-state index in [0.29, 0.717) is 12.0 Å². The number of likely N-dealkylation sites (tertiary alicyclic amines) is 1. The molecule has 4 nitrogen and oxygen atoms in total. The molecule has 3 atom stereocenters. The Balaban J connectivity index is 2.48. The van der Waals surface area contributed by atoms with Crippen LogP contribution in [0.5, 0.6) is 0 Å². The molecule has 1 aliphatic heterocycles. The molecule has 1 heterocycles. The van der Waals surface area contributed by atoms with E-state index < -0.39 is 0 Å². The third-order valence-electron chi connectivity index (χ3n) is 3.60. The van der Waals surface area contributed by atoms with E-state index >= 15 is 0 Å². The molecule has 106 valence electrons. The predicted molar refractivity (Wildman–Crippen MR) is 73.3 cm³/mol. The second kappa shape index (κ2) is 7.10. The van der Waals surface area contributed by atoms with E-state index in [4.69, 9.17) is 0 Å². The second-order valence-corrected chi connectivity index (χ2v) is 5.93. The first-order chi connectivity index (χ1) is 8.41. The third-order valence-corrected chi connectivity index (χ3v) is 3.60. The lowest BCUT2D eigenvalue weighted by atomic mass is 10.1.